The average Bonchev–Trinajstić information content (AvgIpc) is 2.51. The summed E-state index contributed by atoms with van der Waals surface area (Å²) in [5.74, 6) is 0.292. The Kier molecular flexibility index (Phi) is 9.62. The molecule has 5 nitrogen and oxygen atoms in total. The van der Waals surface area contributed by atoms with E-state index in [0.29, 0.717) is 22.8 Å². The fourth-order valence-corrected chi connectivity index (χ4v) is 2.90. The van der Waals surface area contributed by atoms with Crippen molar-refractivity contribution in [2.45, 2.75) is 63.8 Å². The van der Waals surface area contributed by atoms with Gasteiger partial charge in [0.15, 0.2) is 0 Å². The van der Waals surface area contributed by atoms with Crippen molar-refractivity contribution in [2.24, 2.45) is 0 Å². The Balaban J connectivity index is 2.51. The average molecular weight is 326 g/mol. The molecule has 1 N–H and O–H groups in total. The number of carbonyl (C=O) groups excluding carboxylic acids is 1. The van der Waals surface area contributed by atoms with Crippen LogP contribution in [0, 0.1) is 0 Å². The first-order valence-electron chi connectivity index (χ1n) is 8.07. The summed E-state index contributed by atoms with van der Waals surface area (Å²) >= 11 is 1.27. The Morgan fingerprint density at radius 1 is 1.18 bits per heavy atom. The third kappa shape index (κ3) is 6.64. The lowest BCUT2D eigenvalue weighted by molar-refractivity contribution is -0.105. The van der Waals surface area contributed by atoms with E-state index in [1.54, 1.807) is 0 Å². The zero-order valence-corrected chi connectivity index (χ0v) is 14.3. The smallest absolute Gasteiger partial charge is 0.344 e. The highest BCUT2D eigenvalue weighted by Gasteiger charge is 2.12. The molecule has 0 spiro atoms. The van der Waals surface area contributed by atoms with E-state index in [1.165, 1.54) is 37.4 Å². The highest BCUT2D eigenvalue weighted by molar-refractivity contribution is 7.99. The van der Waals surface area contributed by atoms with Gasteiger partial charge in [-0.1, -0.05) is 57.7 Å². The number of aldehydes is 1. The third-order valence-electron chi connectivity index (χ3n) is 3.35. The summed E-state index contributed by atoms with van der Waals surface area (Å²) in [6.45, 7) is 4.82. The second kappa shape index (κ2) is 11.3. The van der Waals surface area contributed by atoms with Crippen molar-refractivity contribution in [1.29, 1.82) is 0 Å². The first-order chi connectivity index (χ1) is 10.7. The van der Waals surface area contributed by atoms with Crippen LogP contribution >= 0.6 is 11.8 Å². The molecule has 0 aromatic carbocycles. The molecule has 1 heterocycles. The van der Waals surface area contributed by atoms with Gasteiger partial charge in [-0.05, 0) is 12.8 Å². The van der Waals surface area contributed by atoms with Gasteiger partial charge < -0.3 is 14.5 Å². The Hall–Kier alpha value is -1.30. The molecule has 124 valence electrons. The highest BCUT2D eigenvalue weighted by Crippen LogP contribution is 2.19. The largest absolute Gasteiger partial charge is 0.389 e. The predicted molar refractivity (Wildman–Crippen MR) is 90.8 cm³/mol. The van der Waals surface area contributed by atoms with E-state index in [1.807, 2.05) is 6.92 Å². The quantitative estimate of drug-likeness (QED) is 0.359. The number of rotatable bonds is 12. The van der Waals surface area contributed by atoms with Crippen LogP contribution in [-0.2, 0) is 11.2 Å². The summed E-state index contributed by atoms with van der Waals surface area (Å²) < 4.78 is 5.19. The molecule has 22 heavy (non-hydrogen) atoms. The second-order valence-electron chi connectivity index (χ2n) is 5.12. The number of nitrogens with zero attached hydrogens (tertiary/aromatic N) is 1. The number of anilines is 1. The normalized spacial score (nSPS) is 10.6. The van der Waals surface area contributed by atoms with Crippen LogP contribution in [0.3, 0.4) is 0 Å². The van der Waals surface area contributed by atoms with Crippen LogP contribution in [0.15, 0.2) is 14.2 Å². The summed E-state index contributed by atoms with van der Waals surface area (Å²) in [5.41, 5.74) is 0.174. The topological polar surface area (TPSA) is 72.2 Å². The number of aromatic nitrogens is 1. The zero-order chi connectivity index (χ0) is 16.2. The number of nitrogens with one attached hydrogen (secondary N) is 1. The molecule has 0 aliphatic heterocycles. The number of carbonyl (C=O) groups is 1. The van der Waals surface area contributed by atoms with Crippen LogP contribution in [0.25, 0.3) is 0 Å². The van der Waals surface area contributed by atoms with E-state index in [9.17, 15) is 9.59 Å². The predicted octanol–water partition coefficient (Wildman–Crippen LogP) is 3.66. The molecule has 0 saturated carbocycles. The molecule has 1 aromatic rings. The van der Waals surface area contributed by atoms with Crippen molar-refractivity contribution < 1.29 is 9.21 Å². The summed E-state index contributed by atoms with van der Waals surface area (Å²) in [4.78, 5) is 26.7. The molecule has 0 saturated heterocycles. The maximum atomic E-state index is 11.9. The van der Waals surface area contributed by atoms with Gasteiger partial charge in [0.2, 0.25) is 0 Å². The van der Waals surface area contributed by atoms with Gasteiger partial charge in [0.1, 0.15) is 11.3 Å². The number of thioether (sulfide) groups is 1. The summed E-state index contributed by atoms with van der Waals surface area (Å²) in [7, 11) is 0. The molecule has 0 aliphatic rings. The number of hydrogen-bond donors (Lipinski definition) is 1. The van der Waals surface area contributed by atoms with Gasteiger partial charge >= 0.3 is 5.63 Å². The summed E-state index contributed by atoms with van der Waals surface area (Å²) in [5, 5.41) is 3.66. The minimum atomic E-state index is -0.364. The van der Waals surface area contributed by atoms with Crippen molar-refractivity contribution in [3.05, 3.63) is 16.0 Å². The summed E-state index contributed by atoms with van der Waals surface area (Å²) in [6, 6.07) is 0.254. The zero-order valence-electron chi connectivity index (χ0n) is 13.5. The molecule has 0 amide bonds. The third-order valence-corrected chi connectivity index (χ3v) is 4.26. The molecule has 0 unspecified atom stereocenters. The maximum absolute atomic E-state index is 11.9. The van der Waals surface area contributed by atoms with Crippen LogP contribution in [0.4, 0.5) is 6.01 Å². The van der Waals surface area contributed by atoms with Gasteiger partial charge in [-0.15, -0.1) is 0 Å². The Labute approximate surface area is 136 Å². The molecule has 0 radical (unpaired) electrons. The molecular weight excluding hydrogens is 300 g/mol. The SMILES string of the molecule is CCCCCCCCNc1nc(SCC=O)c(CC)c(=O)o1. The second-order valence-corrected chi connectivity index (χ2v) is 6.12. The molecule has 1 aromatic heterocycles. The Bertz CT molecular complexity index is 503. The monoisotopic (exact) mass is 326 g/mol. The first kappa shape index (κ1) is 18.7. The molecule has 6 heteroatoms. The van der Waals surface area contributed by atoms with Crippen molar-refractivity contribution in [1.82, 2.24) is 4.98 Å². The van der Waals surface area contributed by atoms with Gasteiger partial charge in [-0.25, -0.2) is 4.79 Å². The minimum Gasteiger partial charge on any atom is -0.389 e. The van der Waals surface area contributed by atoms with Gasteiger partial charge in [0, 0.05) is 6.54 Å². The van der Waals surface area contributed by atoms with E-state index >= 15 is 0 Å². The number of hydrogen-bond acceptors (Lipinski definition) is 6. The molecule has 0 fully saturated rings. The van der Waals surface area contributed by atoms with Gasteiger partial charge in [-0.3, -0.25) is 0 Å². The highest BCUT2D eigenvalue weighted by atomic mass is 32.2. The number of unbranched alkanes of at least 4 members (excludes halogenated alkanes) is 5. The van der Waals surface area contributed by atoms with Gasteiger partial charge in [-0.2, -0.15) is 4.98 Å². The molecule has 1 rings (SSSR count). The van der Waals surface area contributed by atoms with Crippen LogP contribution in [0.5, 0.6) is 0 Å². The van der Waals surface area contributed by atoms with E-state index in [0.717, 1.165) is 25.7 Å². The van der Waals surface area contributed by atoms with Crippen LogP contribution < -0.4 is 10.9 Å². The standard InChI is InChI=1S/C16H26N2O3S/c1-3-5-6-7-8-9-10-17-16-18-14(22-12-11-19)13(4-2)15(20)21-16/h11H,3-10,12H2,1-2H3,(H,17,18). The van der Waals surface area contributed by atoms with E-state index in [2.05, 4.69) is 17.2 Å². The first-order valence-corrected chi connectivity index (χ1v) is 9.05. The van der Waals surface area contributed by atoms with E-state index in [4.69, 9.17) is 4.42 Å². The molecule has 0 aliphatic carbocycles. The summed E-state index contributed by atoms with van der Waals surface area (Å²) in [6.07, 6.45) is 8.61. The minimum absolute atomic E-state index is 0.254. The van der Waals surface area contributed by atoms with Crippen molar-refractivity contribution >= 4 is 24.1 Å². The van der Waals surface area contributed by atoms with Gasteiger partial charge in [0.25, 0.3) is 6.01 Å². The van der Waals surface area contributed by atoms with E-state index in [-0.39, 0.29) is 11.6 Å². The van der Waals surface area contributed by atoms with Gasteiger partial charge in [0.05, 0.1) is 11.3 Å². The fourth-order valence-electron chi connectivity index (χ4n) is 2.12. The fraction of sp³-hybridized carbons (Fsp3) is 0.688. The molecular formula is C16H26N2O3S. The van der Waals surface area contributed by atoms with E-state index < -0.39 is 0 Å². The maximum Gasteiger partial charge on any atom is 0.344 e. The van der Waals surface area contributed by atoms with Crippen LogP contribution in [0.2, 0.25) is 0 Å². The van der Waals surface area contributed by atoms with Crippen LogP contribution in [-0.4, -0.2) is 23.6 Å². The van der Waals surface area contributed by atoms with Crippen molar-refractivity contribution in [3.63, 3.8) is 0 Å². The van der Waals surface area contributed by atoms with Crippen molar-refractivity contribution in [2.75, 3.05) is 17.6 Å². The van der Waals surface area contributed by atoms with Crippen molar-refractivity contribution in [3.8, 4) is 0 Å². The van der Waals surface area contributed by atoms with Crippen LogP contribution in [0.1, 0.15) is 57.9 Å². The Morgan fingerprint density at radius 2 is 1.91 bits per heavy atom. The lowest BCUT2D eigenvalue weighted by Gasteiger charge is -2.08. The lowest BCUT2D eigenvalue weighted by Crippen LogP contribution is -2.14. The molecule has 0 atom stereocenters. The Morgan fingerprint density at radius 3 is 2.59 bits per heavy atom. The molecule has 0 bridgehead atoms. The lowest BCUT2D eigenvalue weighted by atomic mass is 10.1.